The zero-order chi connectivity index (χ0) is 10.8. The molecule has 2 nitrogen and oxygen atoms in total. The van der Waals surface area contributed by atoms with Gasteiger partial charge >= 0.3 is 0 Å². The maximum absolute atomic E-state index is 12.9. The van der Waals surface area contributed by atoms with Crippen LogP contribution in [0.25, 0.3) is 0 Å². The van der Waals surface area contributed by atoms with E-state index in [9.17, 15) is 8.78 Å². The third kappa shape index (κ3) is 2.41. The quantitative estimate of drug-likeness (QED) is 0.820. The van der Waals surface area contributed by atoms with Gasteiger partial charge in [0.15, 0.2) is 0 Å². The SMILES string of the molecule is N[C@H](c1ccc(Cl)cc1)C(F)(F)CO. The van der Waals surface area contributed by atoms with Gasteiger partial charge in [0.1, 0.15) is 6.61 Å². The predicted octanol–water partition coefficient (Wildman–Crippen LogP) is 1.97. The lowest BCUT2D eigenvalue weighted by Crippen LogP contribution is -2.36. The first-order chi connectivity index (χ1) is 6.47. The van der Waals surface area contributed by atoms with Crippen molar-refractivity contribution >= 4 is 11.6 Å². The number of aliphatic hydroxyl groups excluding tert-OH is 1. The van der Waals surface area contributed by atoms with Crippen LogP contribution in [0.2, 0.25) is 5.02 Å². The van der Waals surface area contributed by atoms with Crippen molar-refractivity contribution in [2.75, 3.05) is 6.61 Å². The second-order valence-electron chi connectivity index (χ2n) is 2.95. The minimum Gasteiger partial charge on any atom is -0.390 e. The Balaban J connectivity index is 2.89. The van der Waals surface area contributed by atoms with E-state index in [4.69, 9.17) is 22.4 Å². The maximum Gasteiger partial charge on any atom is 0.289 e. The minimum absolute atomic E-state index is 0.244. The lowest BCUT2D eigenvalue weighted by molar-refractivity contribution is -0.0711. The predicted molar refractivity (Wildman–Crippen MR) is 50.4 cm³/mol. The van der Waals surface area contributed by atoms with Gasteiger partial charge in [-0.15, -0.1) is 0 Å². The molecule has 14 heavy (non-hydrogen) atoms. The average molecular weight is 222 g/mol. The number of alkyl halides is 2. The standard InChI is InChI=1S/C9H10ClF2NO/c10-7-3-1-6(2-4-7)8(13)9(11,12)5-14/h1-4,8,14H,5,13H2/t8-/m1/s1. The zero-order valence-electron chi connectivity index (χ0n) is 7.25. The molecule has 0 aliphatic rings. The second-order valence-corrected chi connectivity index (χ2v) is 3.38. The Morgan fingerprint density at radius 2 is 1.86 bits per heavy atom. The van der Waals surface area contributed by atoms with Gasteiger partial charge in [0.25, 0.3) is 5.92 Å². The van der Waals surface area contributed by atoms with E-state index in [0.29, 0.717) is 5.02 Å². The monoisotopic (exact) mass is 221 g/mol. The normalized spacial score (nSPS) is 14.1. The number of hydrogen-bond donors (Lipinski definition) is 2. The van der Waals surface area contributed by atoms with Crippen LogP contribution in [0, 0.1) is 0 Å². The molecule has 0 spiro atoms. The van der Waals surface area contributed by atoms with Gasteiger partial charge in [-0.1, -0.05) is 23.7 Å². The average Bonchev–Trinajstić information content (AvgIpc) is 2.18. The van der Waals surface area contributed by atoms with E-state index in [1.165, 1.54) is 24.3 Å². The van der Waals surface area contributed by atoms with Crippen LogP contribution in [0.5, 0.6) is 0 Å². The van der Waals surface area contributed by atoms with E-state index in [1.54, 1.807) is 0 Å². The third-order valence-corrected chi connectivity index (χ3v) is 2.15. The molecule has 0 heterocycles. The lowest BCUT2D eigenvalue weighted by atomic mass is 10.0. The first-order valence-corrected chi connectivity index (χ1v) is 4.35. The summed E-state index contributed by atoms with van der Waals surface area (Å²) < 4.78 is 25.8. The van der Waals surface area contributed by atoms with E-state index in [-0.39, 0.29) is 5.56 Å². The van der Waals surface area contributed by atoms with Crippen LogP contribution in [0.15, 0.2) is 24.3 Å². The van der Waals surface area contributed by atoms with Crippen LogP contribution in [0.4, 0.5) is 8.78 Å². The summed E-state index contributed by atoms with van der Waals surface area (Å²) in [5, 5.41) is 8.88. The number of halogens is 3. The topological polar surface area (TPSA) is 46.2 Å². The molecule has 0 fully saturated rings. The molecule has 3 N–H and O–H groups in total. The van der Waals surface area contributed by atoms with Crippen molar-refractivity contribution in [3.05, 3.63) is 34.9 Å². The van der Waals surface area contributed by atoms with Crippen molar-refractivity contribution in [1.82, 2.24) is 0 Å². The van der Waals surface area contributed by atoms with Crippen molar-refractivity contribution in [1.29, 1.82) is 0 Å². The van der Waals surface area contributed by atoms with Crippen molar-refractivity contribution in [2.24, 2.45) is 5.73 Å². The molecule has 1 aromatic rings. The van der Waals surface area contributed by atoms with E-state index < -0.39 is 18.6 Å². The van der Waals surface area contributed by atoms with Crippen LogP contribution in [0.1, 0.15) is 11.6 Å². The Morgan fingerprint density at radius 1 is 1.36 bits per heavy atom. The van der Waals surface area contributed by atoms with Crippen LogP contribution in [0.3, 0.4) is 0 Å². The molecular formula is C9H10ClF2NO. The van der Waals surface area contributed by atoms with Gasteiger partial charge in [0.05, 0.1) is 6.04 Å². The summed E-state index contributed by atoms with van der Waals surface area (Å²) >= 11 is 5.59. The summed E-state index contributed by atoms with van der Waals surface area (Å²) in [5.74, 6) is -3.31. The van der Waals surface area contributed by atoms with Gasteiger partial charge in [-0.05, 0) is 17.7 Å². The fourth-order valence-corrected chi connectivity index (χ4v) is 1.14. The lowest BCUT2D eigenvalue weighted by Gasteiger charge is -2.21. The smallest absolute Gasteiger partial charge is 0.289 e. The molecule has 0 amide bonds. The first-order valence-electron chi connectivity index (χ1n) is 3.97. The molecule has 1 atom stereocenters. The van der Waals surface area contributed by atoms with Crippen LogP contribution >= 0.6 is 11.6 Å². The summed E-state index contributed by atoms with van der Waals surface area (Å²) in [4.78, 5) is 0. The number of aliphatic hydroxyl groups is 1. The number of hydrogen-bond acceptors (Lipinski definition) is 2. The van der Waals surface area contributed by atoms with E-state index >= 15 is 0 Å². The molecular weight excluding hydrogens is 212 g/mol. The van der Waals surface area contributed by atoms with E-state index in [2.05, 4.69) is 0 Å². The first kappa shape index (κ1) is 11.4. The van der Waals surface area contributed by atoms with Gasteiger partial charge in [-0.25, -0.2) is 8.78 Å². The van der Waals surface area contributed by atoms with E-state index in [1.807, 2.05) is 0 Å². The molecule has 0 aliphatic heterocycles. The van der Waals surface area contributed by atoms with E-state index in [0.717, 1.165) is 0 Å². The fraction of sp³-hybridized carbons (Fsp3) is 0.333. The molecule has 78 valence electrons. The molecule has 0 unspecified atom stereocenters. The van der Waals surface area contributed by atoms with Crippen molar-refractivity contribution in [2.45, 2.75) is 12.0 Å². The summed E-state index contributed by atoms with van der Waals surface area (Å²) in [7, 11) is 0. The summed E-state index contributed by atoms with van der Waals surface area (Å²) in [6, 6.07) is 4.27. The minimum atomic E-state index is -3.31. The molecule has 0 bridgehead atoms. The van der Waals surface area contributed by atoms with Gasteiger partial charge in [-0.2, -0.15) is 0 Å². The van der Waals surface area contributed by atoms with Gasteiger partial charge < -0.3 is 10.8 Å². The van der Waals surface area contributed by atoms with Gasteiger partial charge in [0, 0.05) is 5.02 Å². The van der Waals surface area contributed by atoms with Crippen molar-refractivity contribution in [3.8, 4) is 0 Å². The third-order valence-electron chi connectivity index (χ3n) is 1.89. The summed E-state index contributed by atoms with van der Waals surface area (Å²) in [6.45, 7) is -1.27. The maximum atomic E-state index is 12.9. The van der Waals surface area contributed by atoms with Gasteiger partial charge in [0.2, 0.25) is 0 Å². The molecule has 0 saturated carbocycles. The second kappa shape index (κ2) is 4.21. The largest absolute Gasteiger partial charge is 0.390 e. The van der Waals surface area contributed by atoms with Crippen LogP contribution in [-0.2, 0) is 0 Å². The van der Waals surface area contributed by atoms with Crippen LogP contribution < -0.4 is 5.73 Å². The Hall–Kier alpha value is -0.710. The van der Waals surface area contributed by atoms with Gasteiger partial charge in [-0.3, -0.25) is 0 Å². The Bertz CT molecular complexity index is 302. The van der Waals surface area contributed by atoms with Crippen molar-refractivity contribution in [3.63, 3.8) is 0 Å². The molecule has 0 radical (unpaired) electrons. The molecule has 0 saturated heterocycles. The molecule has 0 aliphatic carbocycles. The number of nitrogens with two attached hydrogens (primary N) is 1. The molecule has 0 aromatic heterocycles. The number of benzene rings is 1. The molecule has 1 aromatic carbocycles. The number of rotatable bonds is 3. The highest BCUT2D eigenvalue weighted by atomic mass is 35.5. The highest BCUT2D eigenvalue weighted by molar-refractivity contribution is 6.30. The summed E-state index contributed by atoms with van der Waals surface area (Å²) in [6.07, 6.45) is 0. The van der Waals surface area contributed by atoms with Crippen LogP contribution in [-0.4, -0.2) is 17.6 Å². The van der Waals surface area contributed by atoms with Crippen molar-refractivity contribution < 1.29 is 13.9 Å². The molecule has 1 rings (SSSR count). The Labute approximate surface area is 85.3 Å². The summed E-state index contributed by atoms with van der Waals surface area (Å²) in [5.41, 5.74) is 5.52. The Morgan fingerprint density at radius 3 is 2.29 bits per heavy atom. The Kier molecular flexibility index (Phi) is 3.42. The highest BCUT2D eigenvalue weighted by Gasteiger charge is 2.37. The fourth-order valence-electron chi connectivity index (χ4n) is 1.01. The molecule has 5 heteroatoms. The zero-order valence-corrected chi connectivity index (χ0v) is 8.01. The highest BCUT2D eigenvalue weighted by Crippen LogP contribution is 2.29.